The van der Waals surface area contributed by atoms with Gasteiger partial charge in [-0.1, -0.05) is 23.7 Å². The molecular formula is C17H20ClNO4S2. The Bertz CT molecular complexity index is 812. The molecule has 0 amide bonds. The smallest absolute Gasteiger partial charge is 0.240 e. The van der Waals surface area contributed by atoms with Crippen molar-refractivity contribution in [2.45, 2.75) is 10.6 Å². The minimum atomic E-state index is -3.59. The van der Waals surface area contributed by atoms with E-state index in [1.807, 2.05) is 24.3 Å². The fraction of sp³-hybridized carbons (Fsp3) is 0.294. The summed E-state index contributed by atoms with van der Waals surface area (Å²) in [6.07, 6.45) is 0. The second-order valence-corrected chi connectivity index (χ2v) is 8.41. The molecule has 0 bridgehead atoms. The standard InChI is InChI=1S/C17H20ClNO4S2/c1-22-16-7-6-15(11-17(16)23-2)25(20,21)19-8-9-24-12-13-4-3-5-14(18)10-13/h3-7,10-11,19H,8-9,12H2,1-2H3. The number of hydrogen-bond acceptors (Lipinski definition) is 5. The molecule has 0 radical (unpaired) electrons. The molecule has 1 N–H and O–H groups in total. The molecule has 0 saturated heterocycles. The van der Waals surface area contributed by atoms with Crippen LogP contribution in [0.15, 0.2) is 47.4 Å². The summed E-state index contributed by atoms with van der Waals surface area (Å²) < 4.78 is 37.5. The van der Waals surface area contributed by atoms with Crippen molar-refractivity contribution in [2.24, 2.45) is 0 Å². The van der Waals surface area contributed by atoms with Gasteiger partial charge in [-0.2, -0.15) is 11.8 Å². The molecule has 5 nitrogen and oxygen atoms in total. The number of benzene rings is 2. The van der Waals surface area contributed by atoms with E-state index in [0.717, 1.165) is 11.3 Å². The molecule has 0 spiro atoms. The van der Waals surface area contributed by atoms with Gasteiger partial charge in [-0.15, -0.1) is 0 Å². The minimum Gasteiger partial charge on any atom is -0.493 e. The molecule has 0 heterocycles. The van der Waals surface area contributed by atoms with Crippen LogP contribution >= 0.6 is 23.4 Å². The maximum absolute atomic E-state index is 12.3. The van der Waals surface area contributed by atoms with Crippen LogP contribution in [0.25, 0.3) is 0 Å². The van der Waals surface area contributed by atoms with Gasteiger partial charge in [0, 0.05) is 29.1 Å². The fourth-order valence-corrected chi connectivity index (χ4v) is 4.33. The molecule has 0 aromatic heterocycles. The van der Waals surface area contributed by atoms with Crippen molar-refractivity contribution in [2.75, 3.05) is 26.5 Å². The number of hydrogen-bond donors (Lipinski definition) is 1. The van der Waals surface area contributed by atoms with Crippen molar-refractivity contribution >= 4 is 33.4 Å². The predicted octanol–water partition coefficient (Wildman–Crippen LogP) is 3.57. The number of methoxy groups -OCH3 is 2. The summed E-state index contributed by atoms with van der Waals surface area (Å²) in [6.45, 7) is 0.335. The van der Waals surface area contributed by atoms with Crippen LogP contribution < -0.4 is 14.2 Å². The first-order chi connectivity index (χ1) is 12.0. The van der Waals surface area contributed by atoms with E-state index in [2.05, 4.69) is 4.72 Å². The molecule has 136 valence electrons. The topological polar surface area (TPSA) is 64.6 Å². The lowest BCUT2D eigenvalue weighted by molar-refractivity contribution is 0.354. The lowest BCUT2D eigenvalue weighted by Gasteiger charge is -2.11. The van der Waals surface area contributed by atoms with Crippen molar-refractivity contribution in [1.29, 1.82) is 0 Å². The number of ether oxygens (including phenoxy) is 2. The van der Waals surface area contributed by atoms with Crippen LogP contribution in [0.2, 0.25) is 5.02 Å². The highest BCUT2D eigenvalue weighted by atomic mass is 35.5. The van der Waals surface area contributed by atoms with Crippen molar-refractivity contribution in [3.63, 3.8) is 0 Å². The van der Waals surface area contributed by atoms with Crippen LogP contribution in [-0.4, -0.2) is 34.9 Å². The second-order valence-electron chi connectivity index (χ2n) is 5.10. The molecule has 25 heavy (non-hydrogen) atoms. The van der Waals surface area contributed by atoms with Gasteiger partial charge in [-0.05, 0) is 29.8 Å². The Labute approximate surface area is 157 Å². The minimum absolute atomic E-state index is 0.144. The Hall–Kier alpha value is -1.41. The highest BCUT2D eigenvalue weighted by Crippen LogP contribution is 2.29. The summed E-state index contributed by atoms with van der Waals surface area (Å²) in [5.74, 6) is 2.29. The maximum atomic E-state index is 12.3. The Kier molecular flexibility index (Phi) is 7.43. The van der Waals surface area contributed by atoms with Crippen LogP contribution in [0.5, 0.6) is 11.5 Å². The zero-order valence-corrected chi connectivity index (χ0v) is 16.4. The van der Waals surface area contributed by atoms with Crippen LogP contribution in [0.4, 0.5) is 0 Å². The van der Waals surface area contributed by atoms with E-state index in [9.17, 15) is 8.42 Å². The van der Waals surface area contributed by atoms with Gasteiger partial charge in [0.05, 0.1) is 19.1 Å². The van der Waals surface area contributed by atoms with Gasteiger partial charge in [0.1, 0.15) is 0 Å². The number of halogens is 1. The summed E-state index contributed by atoms with van der Waals surface area (Å²) in [6, 6.07) is 12.1. The summed E-state index contributed by atoms with van der Waals surface area (Å²) in [7, 11) is -0.622. The summed E-state index contributed by atoms with van der Waals surface area (Å²) in [5, 5.41) is 0.701. The van der Waals surface area contributed by atoms with Crippen molar-refractivity contribution in [3.8, 4) is 11.5 Å². The Morgan fingerprint density at radius 3 is 2.52 bits per heavy atom. The largest absolute Gasteiger partial charge is 0.493 e. The Balaban J connectivity index is 1.87. The molecule has 2 rings (SSSR count). The highest BCUT2D eigenvalue weighted by Gasteiger charge is 2.16. The number of sulfonamides is 1. The van der Waals surface area contributed by atoms with Crippen LogP contribution in [0.1, 0.15) is 5.56 Å². The van der Waals surface area contributed by atoms with E-state index < -0.39 is 10.0 Å². The van der Waals surface area contributed by atoms with Gasteiger partial charge in [0.2, 0.25) is 10.0 Å². The van der Waals surface area contributed by atoms with E-state index in [1.165, 1.54) is 26.4 Å². The Morgan fingerprint density at radius 1 is 1.08 bits per heavy atom. The van der Waals surface area contributed by atoms with Gasteiger partial charge in [0.25, 0.3) is 0 Å². The van der Waals surface area contributed by atoms with Gasteiger partial charge in [-0.25, -0.2) is 13.1 Å². The first-order valence-electron chi connectivity index (χ1n) is 7.50. The van der Waals surface area contributed by atoms with E-state index in [4.69, 9.17) is 21.1 Å². The summed E-state index contributed by atoms with van der Waals surface area (Å²) in [5.41, 5.74) is 1.11. The monoisotopic (exact) mass is 401 g/mol. The summed E-state index contributed by atoms with van der Waals surface area (Å²) >= 11 is 7.57. The average Bonchev–Trinajstić information content (AvgIpc) is 2.60. The molecule has 0 aliphatic rings. The van der Waals surface area contributed by atoms with Crippen molar-refractivity contribution in [1.82, 2.24) is 4.72 Å². The maximum Gasteiger partial charge on any atom is 0.240 e. The van der Waals surface area contributed by atoms with Gasteiger partial charge < -0.3 is 9.47 Å². The lowest BCUT2D eigenvalue weighted by Crippen LogP contribution is -2.26. The van der Waals surface area contributed by atoms with Gasteiger partial charge in [0.15, 0.2) is 11.5 Å². The van der Waals surface area contributed by atoms with Crippen LogP contribution in [0.3, 0.4) is 0 Å². The molecule has 0 aliphatic heterocycles. The molecule has 2 aromatic rings. The molecule has 0 fully saturated rings. The number of nitrogens with one attached hydrogen (secondary N) is 1. The van der Waals surface area contributed by atoms with E-state index in [0.29, 0.717) is 28.8 Å². The molecule has 0 saturated carbocycles. The quantitative estimate of drug-likeness (QED) is 0.651. The number of rotatable bonds is 9. The van der Waals surface area contributed by atoms with E-state index in [-0.39, 0.29) is 4.90 Å². The molecule has 0 unspecified atom stereocenters. The molecule has 0 aliphatic carbocycles. The van der Waals surface area contributed by atoms with Gasteiger partial charge in [-0.3, -0.25) is 0 Å². The highest BCUT2D eigenvalue weighted by molar-refractivity contribution is 7.98. The first kappa shape index (κ1) is 19.9. The molecule has 8 heteroatoms. The summed E-state index contributed by atoms with van der Waals surface area (Å²) in [4.78, 5) is 0.144. The molecule has 2 aromatic carbocycles. The third kappa shape index (κ3) is 5.81. The number of thioether (sulfide) groups is 1. The van der Waals surface area contributed by atoms with Crippen LogP contribution in [0, 0.1) is 0 Å². The van der Waals surface area contributed by atoms with Gasteiger partial charge >= 0.3 is 0 Å². The zero-order valence-electron chi connectivity index (χ0n) is 14.0. The first-order valence-corrected chi connectivity index (χ1v) is 10.5. The Morgan fingerprint density at radius 2 is 1.84 bits per heavy atom. The zero-order chi connectivity index (χ0) is 18.3. The molecular weight excluding hydrogens is 382 g/mol. The second kappa shape index (κ2) is 9.33. The van der Waals surface area contributed by atoms with E-state index >= 15 is 0 Å². The van der Waals surface area contributed by atoms with Crippen molar-refractivity contribution < 1.29 is 17.9 Å². The normalized spacial score (nSPS) is 11.3. The fourth-order valence-electron chi connectivity index (χ4n) is 2.13. The van der Waals surface area contributed by atoms with Crippen molar-refractivity contribution in [3.05, 3.63) is 53.1 Å². The SMILES string of the molecule is COc1ccc(S(=O)(=O)NCCSCc2cccc(Cl)c2)cc1OC. The lowest BCUT2D eigenvalue weighted by atomic mass is 10.2. The van der Waals surface area contributed by atoms with E-state index in [1.54, 1.807) is 17.8 Å². The molecule has 0 atom stereocenters. The average molecular weight is 402 g/mol. The third-order valence-corrected chi connectivity index (χ3v) is 6.09. The van der Waals surface area contributed by atoms with Crippen LogP contribution in [-0.2, 0) is 15.8 Å². The predicted molar refractivity (Wildman–Crippen MR) is 102 cm³/mol. The third-order valence-electron chi connectivity index (χ3n) is 3.36.